The summed E-state index contributed by atoms with van der Waals surface area (Å²) < 4.78 is 4.97. The fraction of sp³-hybridized carbons (Fsp3) is 0.900. The third kappa shape index (κ3) is 5.94. The predicted molar refractivity (Wildman–Crippen MR) is 57.2 cm³/mol. The van der Waals surface area contributed by atoms with Crippen molar-refractivity contribution < 1.29 is 9.53 Å². The quantitative estimate of drug-likeness (QED) is 0.633. The number of amides is 1. The van der Waals surface area contributed by atoms with Crippen molar-refractivity contribution in [1.29, 1.82) is 0 Å². The highest BCUT2D eigenvalue weighted by atomic mass is 16.5. The molecular weight excluding hydrogens is 180 g/mol. The van der Waals surface area contributed by atoms with E-state index in [1.807, 2.05) is 20.8 Å². The lowest BCUT2D eigenvalue weighted by Gasteiger charge is -2.18. The summed E-state index contributed by atoms with van der Waals surface area (Å²) in [5.74, 6) is 0.0507. The molecule has 0 rings (SSSR count). The molecule has 4 nitrogen and oxygen atoms in total. The van der Waals surface area contributed by atoms with Crippen LogP contribution in [0.25, 0.3) is 0 Å². The second-order valence-corrected chi connectivity index (χ2v) is 3.54. The van der Waals surface area contributed by atoms with Gasteiger partial charge in [-0.15, -0.1) is 0 Å². The number of nitrogens with one attached hydrogen (secondary N) is 2. The molecule has 84 valence electrons. The van der Waals surface area contributed by atoms with Gasteiger partial charge in [-0.3, -0.25) is 4.79 Å². The van der Waals surface area contributed by atoms with Gasteiger partial charge in [-0.1, -0.05) is 6.92 Å². The van der Waals surface area contributed by atoms with Crippen LogP contribution in [0.5, 0.6) is 0 Å². The van der Waals surface area contributed by atoms with Crippen LogP contribution in [0.4, 0.5) is 0 Å². The molecule has 2 atom stereocenters. The topological polar surface area (TPSA) is 50.4 Å². The molecule has 0 radical (unpaired) electrons. The molecule has 0 aromatic heterocycles. The number of carbonyl (C=O) groups excluding carboxylic acids is 1. The molecule has 0 spiro atoms. The Morgan fingerprint density at radius 3 is 2.57 bits per heavy atom. The Hall–Kier alpha value is -0.610. The molecule has 4 heteroatoms. The molecule has 0 aromatic rings. The van der Waals surface area contributed by atoms with E-state index in [-0.39, 0.29) is 18.0 Å². The van der Waals surface area contributed by atoms with Gasteiger partial charge in [-0.05, 0) is 20.3 Å². The molecule has 1 amide bonds. The zero-order chi connectivity index (χ0) is 11.0. The summed E-state index contributed by atoms with van der Waals surface area (Å²) in [5.41, 5.74) is 0. The van der Waals surface area contributed by atoms with Crippen LogP contribution in [-0.2, 0) is 9.53 Å². The summed E-state index contributed by atoms with van der Waals surface area (Å²) in [6, 6.07) is 0.0362. The number of carbonyl (C=O) groups is 1. The molecule has 14 heavy (non-hydrogen) atoms. The predicted octanol–water partition coefficient (Wildman–Crippen LogP) is 0.526. The molecule has 0 heterocycles. The number of methoxy groups -OCH3 is 1. The van der Waals surface area contributed by atoms with Gasteiger partial charge in [0.25, 0.3) is 0 Å². The lowest BCUT2D eigenvalue weighted by atomic mass is 10.2. The summed E-state index contributed by atoms with van der Waals surface area (Å²) in [6.07, 6.45) is 0.964. The average Bonchev–Trinajstić information content (AvgIpc) is 2.14. The second kappa shape index (κ2) is 7.76. The van der Waals surface area contributed by atoms with Crippen LogP contribution in [0.1, 0.15) is 27.2 Å². The zero-order valence-electron chi connectivity index (χ0n) is 9.59. The molecule has 0 aromatic carbocycles. The molecule has 2 N–H and O–H groups in total. The summed E-state index contributed by atoms with van der Waals surface area (Å²) >= 11 is 0. The van der Waals surface area contributed by atoms with Gasteiger partial charge in [-0.25, -0.2) is 0 Å². The van der Waals surface area contributed by atoms with E-state index in [1.165, 1.54) is 0 Å². The van der Waals surface area contributed by atoms with Crippen molar-refractivity contribution in [1.82, 2.24) is 10.6 Å². The van der Waals surface area contributed by atoms with E-state index in [1.54, 1.807) is 7.11 Å². The number of hydrogen-bond donors (Lipinski definition) is 2. The van der Waals surface area contributed by atoms with Crippen LogP contribution in [0.2, 0.25) is 0 Å². The van der Waals surface area contributed by atoms with E-state index in [2.05, 4.69) is 10.6 Å². The first-order valence-electron chi connectivity index (χ1n) is 5.14. The summed E-state index contributed by atoms with van der Waals surface area (Å²) in [4.78, 5) is 11.4. The Kier molecular flexibility index (Phi) is 7.42. The van der Waals surface area contributed by atoms with E-state index in [0.717, 1.165) is 13.0 Å². The maximum Gasteiger partial charge on any atom is 0.236 e. The van der Waals surface area contributed by atoms with Gasteiger partial charge in [0.05, 0.1) is 12.6 Å². The first kappa shape index (κ1) is 13.4. The minimum atomic E-state index is -0.160. The Morgan fingerprint density at radius 2 is 2.07 bits per heavy atom. The highest BCUT2D eigenvalue weighted by Gasteiger charge is 2.13. The third-order valence-corrected chi connectivity index (χ3v) is 1.89. The summed E-state index contributed by atoms with van der Waals surface area (Å²) in [6.45, 7) is 7.24. The molecule has 0 saturated heterocycles. The molecule has 0 bridgehead atoms. The number of hydrogen-bond acceptors (Lipinski definition) is 3. The fourth-order valence-electron chi connectivity index (χ4n) is 1.20. The van der Waals surface area contributed by atoms with Crippen molar-refractivity contribution in [3.63, 3.8) is 0 Å². The largest absolute Gasteiger partial charge is 0.383 e. The molecule has 0 aliphatic rings. The first-order chi connectivity index (χ1) is 6.61. The SMILES string of the molecule is CCCNC(=O)C(C)NC(C)COC. The monoisotopic (exact) mass is 202 g/mol. The van der Waals surface area contributed by atoms with Crippen LogP contribution >= 0.6 is 0 Å². The smallest absolute Gasteiger partial charge is 0.236 e. The molecule has 0 saturated carbocycles. The molecular formula is C10H22N2O2. The van der Waals surface area contributed by atoms with E-state index in [9.17, 15) is 4.79 Å². The average molecular weight is 202 g/mol. The van der Waals surface area contributed by atoms with Crippen LogP contribution in [-0.4, -0.2) is 38.3 Å². The van der Waals surface area contributed by atoms with Crippen LogP contribution in [0, 0.1) is 0 Å². The lowest BCUT2D eigenvalue weighted by molar-refractivity contribution is -0.123. The second-order valence-electron chi connectivity index (χ2n) is 3.54. The first-order valence-corrected chi connectivity index (χ1v) is 5.14. The summed E-state index contributed by atoms with van der Waals surface area (Å²) in [5, 5.41) is 5.99. The Morgan fingerprint density at radius 1 is 1.43 bits per heavy atom. The maximum atomic E-state index is 11.4. The maximum absolute atomic E-state index is 11.4. The Bertz CT molecular complexity index is 162. The van der Waals surface area contributed by atoms with Gasteiger partial charge in [0.2, 0.25) is 5.91 Å². The highest BCUT2D eigenvalue weighted by Crippen LogP contribution is 1.88. The zero-order valence-corrected chi connectivity index (χ0v) is 9.59. The molecule has 0 aliphatic carbocycles. The van der Waals surface area contributed by atoms with Gasteiger partial charge in [0.1, 0.15) is 0 Å². The van der Waals surface area contributed by atoms with E-state index in [0.29, 0.717) is 6.61 Å². The number of rotatable bonds is 7. The normalized spacial score (nSPS) is 14.9. The lowest BCUT2D eigenvalue weighted by Crippen LogP contribution is -2.47. The minimum Gasteiger partial charge on any atom is -0.383 e. The highest BCUT2D eigenvalue weighted by molar-refractivity contribution is 5.81. The van der Waals surface area contributed by atoms with E-state index < -0.39 is 0 Å². The van der Waals surface area contributed by atoms with E-state index in [4.69, 9.17) is 4.74 Å². The minimum absolute atomic E-state index is 0.0507. The molecule has 0 fully saturated rings. The van der Waals surface area contributed by atoms with E-state index >= 15 is 0 Å². The Labute approximate surface area is 86.4 Å². The van der Waals surface area contributed by atoms with Crippen LogP contribution in [0.15, 0.2) is 0 Å². The summed E-state index contributed by atoms with van der Waals surface area (Å²) in [7, 11) is 1.65. The van der Waals surface area contributed by atoms with Crippen molar-refractivity contribution in [2.45, 2.75) is 39.3 Å². The van der Waals surface area contributed by atoms with Crippen molar-refractivity contribution in [3.05, 3.63) is 0 Å². The third-order valence-electron chi connectivity index (χ3n) is 1.89. The van der Waals surface area contributed by atoms with Crippen molar-refractivity contribution in [2.24, 2.45) is 0 Å². The van der Waals surface area contributed by atoms with Gasteiger partial charge >= 0.3 is 0 Å². The van der Waals surface area contributed by atoms with Crippen molar-refractivity contribution in [2.75, 3.05) is 20.3 Å². The fourth-order valence-corrected chi connectivity index (χ4v) is 1.20. The van der Waals surface area contributed by atoms with Gasteiger partial charge < -0.3 is 15.4 Å². The van der Waals surface area contributed by atoms with Gasteiger partial charge in [-0.2, -0.15) is 0 Å². The molecule has 2 unspecified atom stereocenters. The van der Waals surface area contributed by atoms with Gasteiger partial charge in [0.15, 0.2) is 0 Å². The standard InChI is InChI=1S/C10H22N2O2/c1-5-6-11-10(13)9(3)12-8(2)7-14-4/h8-9,12H,5-7H2,1-4H3,(H,11,13). The van der Waals surface area contributed by atoms with Crippen LogP contribution < -0.4 is 10.6 Å². The Balaban J connectivity index is 3.70. The van der Waals surface area contributed by atoms with Crippen LogP contribution in [0.3, 0.4) is 0 Å². The molecule has 0 aliphatic heterocycles. The van der Waals surface area contributed by atoms with Gasteiger partial charge in [0, 0.05) is 19.7 Å². The van der Waals surface area contributed by atoms with Crippen molar-refractivity contribution in [3.8, 4) is 0 Å². The number of ether oxygens (including phenoxy) is 1. The van der Waals surface area contributed by atoms with Crippen molar-refractivity contribution >= 4 is 5.91 Å².